The van der Waals surface area contributed by atoms with Crippen LogP contribution >= 0.6 is 0 Å². The van der Waals surface area contributed by atoms with Gasteiger partial charge in [0.05, 0.1) is 25.6 Å². The molecule has 134 valence electrons. The topological polar surface area (TPSA) is 77.4 Å². The average Bonchev–Trinajstić information content (AvgIpc) is 2.73. The number of hydrogen-bond acceptors (Lipinski definition) is 6. The molecular formula is C21H17N3O3. The van der Waals surface area contributed by atoms with Crippen LogP contribution < -0.4 is 9.47 Å². The monoisotopic (exact) mass is 359 g/mol. The highest BCUT2D eigenvalue weighted by Crippen LogP contribution is 2.34. The minimum absolute atomic E-state index is 0.0360. The van der Waals surface area contributed by atoms with E-state index in [1.54, 1.807) is 14.2 Å². The Morgan fingerprint density at radius 3 is 1.96 bits per heavy atom. The molecule has 0 aliphatic heterocycles. The summed E-state index contributed by atoms with van der Waals surface area (Å²) >= 11 is 0. The fraction of sp³-hybridized carbons (Fsp3) is 0.0952. The fourth-order valence-electron chi connectivity index (χ4n) is 2.89. The van der Waals surface area contributed by atoms with Gasteiger partial charge in [0.2, 0.25) is 0 Å². The Balaban J connectivity index is 2.03. The first-order valence-electron chi connectivity index (χ1n) is 8.34. The molecule has 6 heteroatoms. The van der Waals surface area contributed by atoms with Crippen LogP contribution in [-0.4, -0.2) is 34.3 Å². The largest absolute Gasteiger partial charge is 0.505 e. The zero-order chi connectivity index (χ0) is 18.8. The van der Waals surface area contributed by atoms with E-state index in [-0.39, 0.29) is 5.75 Å². The summed E-state index contributed by atoms with van der Waals surface area (Å²) in [5.41, 5.74) is 3.66. The Kier molecular flexibility index (Phi) is 4.30. The van der Waals surface area contributed by atoms with Gasteiger partial charge in [0, 0.05) is 23.4 Å². The molecule has 27 heavy (non-hydrogen) atoms. The maximum atomic E-state index is 10.2. The lowest BCUT2D eigenvalue weighted by molar-refractivity contribution is 0.415. The molecule has 0 bridgehead atoms. The normalized spacial score (nSPS) is 10.7. The molecular weight excluding hydrogens is 342 g/mol. The van der Waals surface area contributed by atoms with Gasteiger partial charge < -0.3 is 14.6 Å². The van der Waals surface area contributed by atoms with Crippen molar-refractivity contribution in [3.05, 3.63) is 60.8 Å². The molecule has 0 saturated carbocycles. The van der Waals surface area contributed by atoms with Gasteiger partial charge in [0.15, 0.2) is 11.2 Å². The molecule has 0 atom stereocenters. The molecule has 0 radical (unpaired) electrons. The van der Waals surface area contributed by atoms with Crippen LogP contribution in [0.3, 0.4) is 0 Å². The lowest BCUT2D eigenvalue weighted by Gasteiger charge is -2.12. The summed E-state index contributed by atoms with van der Waals surface area (Å²) < 4.78 is 10.7. The maximum absolute atomic E-state index is 10.2. The molecule has 4 rings (SSSR count). The number of hydrogen-bond donors (Lipinski definition) is 1. The van der Waals surface area contributed by atoms with Crippen LogP contribution in [0.15, 0.2) is 60.8 Å². The number of aromatic nitrogens is 3. The standard InChI is InChI=1S/C21H17N3O3/c1-26-15-7-3-5-13(11-15)18-19(14-6-4-8-16(12-14)27-2)24-21-20(23-18)17(25)9-10-22-21/h3-12H,1-2H3,(H,22,24,25). The van der Waals surface area contributed by atoms with Gasteiger partial charge in [-0.25, -0.2) is 15.0 Å². The lowest BCUT2D eigenvalue weighted by atomic mass is 10.0. The molecule has 0 unspecified atom stereocenters. The van der Waals surface area contributed by atoms with Crippen LogP contribution in [0.2, 0.25) is 0 Å². The fourth-order valence-corrected chi connectivity index (χ4v) is 2.89. The number of aromatic hydroxyl groups is 1. The van der Waals surface area contributed by atoms with Crippen molar-refractivity contribution < 1.29 is 14.6 Å². The highest BCUT2D eigenvalue weighted by molar-refractivity contribution is 5.87. The van der Waals surface area contributed by atoms with Crippen molar-refractivity contribution in [1.29, 1.82) is 0 Å². The van der Waals surface area contributed by atoms with Gasteiger partial charge in [-0.05, 0) is 24.3 Å². The Labute approximate surface area is 156 Å². The van der Waals surface area contributed by atoms with Gasteiger partial charge in [0.1, 0.15) is 17.2 Å². The Bertz CT molecular complexity index is 1130. The number of rotatable bonds is 4. The summed E-state index contributed by atoms with van der Waals surface area (Å²) in [6.07, 6.45) is 1.51. The maximum Gasteiger partial charge on any atom is 0.182 e. The van der Waals surface area contributed by atoms with E-state index < -0.39 is 0 Å². The van der Waals surface area contributed by atoms with E-state index in [4.69, 9.17) is 9.47 Å². The molecule has 0 fully saturated rings. The molecule has 6 nitrogen and oxygen atoms in total. The van der Waals surface area contributed by atoms with Crippen molar-refractivity contribution in [1.82, 2.24) is 15.0 Å². The van der Waals surface area contributed by atoms with Crippen molar-refractivity contribution in [2.75, 3.05) is 14.2 Å². The summed E-state index contributed by atoms with van der Waals surface area (Å²) in [4.78, 5) is 13.6. The predicted molar refractivity (Wildman–Crippen MR) is 103 cm³/mol. The molecule has 2 aromatic carbocycles. The van der Waals surface area contributed by atoms with Crippen molar-refractivity contribution >= 4 is 11.2 Å². The number of nitrogens with zero attached hydrogens (tertiary/aromatic N) is 3. The van der Waals surface area contributed by atoms with E-state index in [2.05, 4.69) is 15.0 Å². The van der Waals surface area contributed by atoms with Gasteiger partial charge in [-0.1, -0.05) is 24.3 Å². The Morgan fingerprint density at radius 2 is 1.37 bits per heavy atom. The van der Waals surface area contributed by atoms with Gasteiger partial charge >= 0.3 is 0 Å². The third-order valence-corrected chi connectivity index (χ3v) is 4.24. The molecule has 0 saturated heterocycles. The van der Waals surface area contributed by atoms with Crippen molar-refractivity contribution in [3.63, 3.8) is 0 Å². The lowest BCUT2D eigenvalue weighted by Crippen LogP contribution is -1.98. The zero-order valence-corrected chi connectivity index (χ0v) is 14.9. The van der Waals surface area contributed by atoms with Crippen LogP contribution in [0.1, 0.15) is 0 Å². The van der Waals surface area contributed by atoms with E-state index in [9.17, 15) is 5.11 Å². The molecule has 2 heterocycles. The number of methoxy groups -OCH3 is 2. The second kappa shape index (κ2) is 6.92. The summed E-state index contributed by atoms with van der Waals surface area (Å²) in [5.74, 6) is 1.46. The van der Waals surface area contributed by atoms with Crippen LogP contribution in [0.5, 0.6) is 17.2 Å². The smallest absolute Gasteiger partial charge is 0.182 e. The van der Waals surface area contributed by atoms with E-state index in [0.717, 1.165) is 16.9 Å². The van der Waals surface area contributed by atoms with Crippen molar-refractivity contribution in [3.8, 4) is 39.8 Å². The van der Waals surface area contributed by atoms with E-state index >= 15 is 0 Å². The van der Waals surface area contributed by atoms with Gasteiger partial charge in [0.25, 0.3) is 0 Å². The molecule has 0 spiro atoms. The molecule has 0 amide bonds. The first kappa shape index (κ1) is 16.8. The molecule has 0 aliphatic carbocycles. The summed E-state index contributed by atoms with van der Waals surface area (Å²) in [7, 11) is 3.23. The van der Waals surface area contributed by atoms with Gasteiger partial charge in [-0.2, -0.15) is 0 Å². The Morgan fingerprint density at radius 1 is 0.778 bits per heavy atom. The first-order valence-corrected chi connectivity index (χ1v) is 8.34. The van der Waals surface area contributed by atoms with Crippen LogP contribution in [0, 0.1) is 0 Å². The molecule has 0 aliphatic rings. The van der Waals surface area contributed by atoms with Crippen LogP contribution in [0.25, 0.3) is 33.7 Å². The molecule has 4 aromatic rings. The van der Waals surface area contributed by atoms with Crippen molar-refractivity contribution in [2.45, 2.75) is 0 Å². The van der Waals surface area contributed by atoms with Crippen molar-refractivity contribution in [2.24, 2.45) is 0 Å². The second-order valence-corrected chi connectivity index (χ2v) is 5.89. The number of pyridine rings is 1. The van der Waals surface area contributed by atoms with Gasteiger partial charge in [-0.3, -0.25) is 0 Å². The molecule has 2 aromatic heterocycles. The van der Waals surface area contributed by atoms with Gasteiger partial charge in [-0.15, -0.1) is 0 Å². The first-order chi connectivity index (χ1) is 13.2. The quantitative estimate of drug-likeness (QED) is 0.591. The summed E-state index contributed by atoms with van der Waals surface area (Å²) in [5, 5.41) is 10.2. The third-order valence-electron chi connectivity index (χ3n) is 4.24. The highest BCUT2D eigenvalue weighted by atomic mass is 16.5. The minimum Gasteiger partial charge on any atom is -0.505 e. The van der Waals surface area contributed by atoms with E-state index in [1.165, 1.54) is 12.3 Å². The second-order valence-electron chi connectivity index (χ2n) is 5.89. The minimum atomic E-state index is 0.0360. The van der Waals surface area contributed by atoms with Crippen LogP contribution in [-0.2, 0) is 0 Å². The predicted octanol–water partition coefficient (Wildman–Crippen LogP) is 4.08. The highest BCUT2D eigenvalue weighted by Gasteiger charge is 2.16. The molecule has 1 N–H and O–H groups in total. The zero-order valence-electron chi connectivity index (χ0n) is 14.9. The van der Waals surface area contributed by atoms with Crippen LogP contribution in [0.4, 0.5) is 0 Å². The average molecular weight is 359 g/mol. The third kappa shape index (κ3) is 3.13. The summed E-state index contributed by atoms with van der Waals surface area (Å²) in [6.45, 7) is 0. The Hall–Kier alpha value is -3.67. The SMILES string of the molecule is COc1cccc(-c2nc3nccc(O)c3nc2-c2cccc(OC)c2)c1. The van der Waals surface area contributed by atoms with E-state index in [0.29, 0.717) is 28.3 Å². The number of fused-ring (bicyclic) bond motifs is 1. The number of ether oxygens (including phenoxy) is 2. The number of benzene rings is 2. The van der Waals surface area contributed by atoms with E-state index in [1.807, 2.05) is 48.5 Å². The summed E-state index contributed by atoms with van der Waals surface area (Å²) in [6, 6.07) is 16.6.